The van der Waals surface area contributed by atoms with Crippen molar-refractivity contribution in [2.24, 2.45) is 0 Å². The van der Waals surface area contributed by atoms with Crippen molar-refractivity contribution >= 4 is 0 Å². The van der Waals surface area contributed by atoms with Gasteiger partial charge in [-0.15, -0.1) is 0 Å². The summed E-state index contributed by atoms with van der Waals surface area (Å²) in [6.07, 6.45) is -2.05. The molecule has 0 heterocycles. The van der Waals surface area contributed by atoms with Crippen LogP contribution in [-0.4, -0.2) is 43.9 Å². The lowest BCUT2D eigenvalue weighted by Gasteiger charge is -2.06. The Kier molecular flexibility index (Phi) is 8.18. The average molecular weight is 197 g/mol. The van der Waals surface area contributed by atoms with Crippen LogP contribution in [0.2, 0.25) is 0 Å². The molecule has 13 heavy (non-hydrogen) atoms. The molecule has 5 heteroatoms. The lowest BCUT2D eigenvalue weighted by atomic mass is 10.3. The number of alkyl halides is 2. The topological polar surface area (TPSA) is 41.5 Å². The molecular formula is C8H17F2NO2. The Hall–Kier alpha value is -0.260. The molecule has 0 aromatic heterocycles. The van der Waals surface area contributed by atoms with Gasteiger partial charge in [0.25, 0.3) is 6.43 Å². The fraction of sp³-hybridized carbons (Fsp3) is 1.00. The monoisotopic (exact) mass is 197 g/mol. The van der Waals surface area contributed by atoms with Crippen LogP contribution < -0.4 is 5.32 Å². The van der Waals surface area contributed by atoms with Crippen LogP contribution in [0.4, 0.5) is 8.78 Å². The number of nitrogens with one attached hydrogen (secondary N) is 1. The highest BCUT2D eigenvalue weighted by atomic mass is 19.3. The summed E-state index contributed by atoms with van der Waals surface area (Å²) in [5, 5.41) is 11.8. The Balaban J connectivity index is 2.92. The van der Waals surface area contributed by atoms with E-state index in [1.54, 1.807) is 6.92 Å². The van der Waals surface area contributed by atoms with Gasteiger partial charge in [0.1, 0.15) is 6.61 Å². The fourth-order valence-electron chi connectivity index (χ4n) is 0.753. The zero-order valence-electron chi connectivity index (χ0n) is 7.80. The Morgan fingerprint density at radius 3 is 2.62 bits per heavy atom. The standard InChI is InChI=1S/C8H17F2NO2/c1-7(12)2-3-11-4-5-13-6-8(9)10/h7-8,11-12H,2-6H2,1H3. The van der Waals surface area contributed by atoms with Gasteiger partial charge in [-0.05, 0) is 19.9 Å². The number of hydrogen-bond donors (Lipinski definition) is 2. The van der Waals surface area contributed by atoms with Crippen LogP contribution in [0.3, 0.4) is 0 Å². The molecule has 80 valence electrons. The summed E-state index contributed by atoms with van der Waals surface area (Å²) in [5.41, 5.74) is 0. The molecule has 0 aliphatic rings. The largest absolute Gasteiger partial charge is 0.393 e. The molecule has 3 nitrogen and oxygen atoms in total. The van der Waals surface area contributed by atoms with Crippen molar-refractivity contribution in [1.29, 1.82) is 0 Å². The van der Waals surface area contributed by atoms with Crippen LogP contribution in [0.1, 0.15) is 13.3 Å². The molecule has 1 atom stereocenters. The van der Waals surface area contributed by atoms with Gasteiger partial charge in [-0.2, -0.15) is 0 Å². The van der Waals surface area contributed by atoms with E-state index in [1.807, 2.05) is 0 Å². The summed E-state index contributed by atoms with van der Waals surface area (Å²) in [4.78, 5) is 0. The van der Waals surface area contributed by atoms with E-state index in [0.29, 0.717) is 19.5 Å². The minimum absolute atomic E-state index is 0.282. The van der Waals surface area contributed by atoms with Crippen molar-refractivity contribution in [2.45, 2.75) is 25.9 Å². The third-order valence-corrected chi connectivity index (χ3v) is 1.41. The first-order valence-corrected chi connectivity index (χ1v) is 4.37. The molecule has 0 amide bonds. The number of halogens is 2. The van der Waals surface area contributed by atoms with Gasteiger partial charge in [-0.3, -0.25) is 0 Å². The summed E-state index contributed by atoms with van der Waals surface area (Å²) in [6, 6.07) is 0. The third kappa shape index (κ3) is 11.7. The second-order valence-corrected chi connectivity index (χ2v) is 2.85. The smallest absolute Gasteiger partial charge is 0.261 e. The molecule has 0 aromatic rings. The molecule has 0 radical (unpaired) electrons. The highest BCUT2D eigenvalue weighted by Crippen LogP contribution is 1.91. The van der Waals surface area contributed by atoms with Gasteiger partial charge in [0, 0.05) is 6.54 Å². The molecular weight excluding hydrogens is 180 g/mol. The van der Waals surface area contributed by atoms with E-state index in [0.717, 1.165) is 0 Å². The molecule has 0 fully saturated rings. The second-order valence-electron chi connectivity index (χ2n) is 2.85. The molecule has 2 N–H and O–H groups in total. The minimum atomic E-state index is -2.39. The maximum Gasteiger partial charge on any atom is 0.261 e. The summed E-state index contributed by atoms with van der Waals surface area (Å²) < 4.78 is 27.7. The number of rotatable bonds is 8. The molecule has 0 saturated carbocycles. The Morgan fingerprint density at radius 2 is 2.08 bits per heavy atom. The summed E-state index contributed by atoms with van der Waals surface area (Å²) >= 11 is 0. The highest BCUT2D eigenvalue weighted by molar-refractivity contribution is 4.51. The quantitative estimate of drug-likeness (QED) is 0.561. The molecule has 0 bridgehead atoms. The molecule has 0 saturated heterocycles. The van der Waals surface area contributed by atoms with Gasteiger partial charge in [0.2, 0.25) is 0 Å². The first-order valence-electron chi connectivity index (χ1n) is 4.37. The normalized spacial score (nSPS) is 13.6. The Morgan fingerprint density at radius 1 is 1.38 bits per heavy atom. The minimum Gasteiger partial charge on any atom is -0.393 e. The van der Waals surface area contributed by atoms with E-state index in [9.17, 15) is 8.78 Å². The number of ether oxygens (including phenoxy) is 1. The van der Waals surface area contributed by atoms with E-state index in [2.05, 4.69) is 10.1 Å². The second kappa shape index (κ2) is 8.34. The third-order valence-electron chi connectivity index (χ3n) is 1.41. The van der Waals surface area contributed by atoms with E-state index < -0.39 is 13.0 Å². The molecule has 0 aromatic carbocycles. The molecule has 0 aliphatic carbocycles. The van der Waals surface area contributed by atoms with E-state index >= 15 is 0 Å². The predicted molar refractivity (Wildman–Crippen MR) is 46.0 cm³/mol. The van der Waals surface area contributed by atoms with Crippen molar-refractivity contribution in [1.82, 2.24) is 5.32 Å². The van der Waals surface area contributed by atoms with E-state index in [-0.39, 0.29) is 12.7 Å². The lowest BCUT2D eigenvalue weighted by molar-refractivity contribution is 0.0186. The number of aliphatic hydroxyl groups excluding tert-OH is 1. The van der Waals surface area contributed by atoms with Crippen molar-refractivity contribution < 1.29 is 18.6 Å². The molecule has 0 aliphatic heterocycles. The van der Waals surface area contributed by atoms with Crippen molar-refractivity contribution in [3.8, 4) is 0 Å². The van der Waals surface area contributed by atoms with E-state index in [4.69, 9.17) is 5.11 Å². The molecule has 1 unspecified atom stereocenters. The number of aliphatic hydroxyl groups is 1. The predicted octanol–water partition coefficient (Wildman–Crippen LogP) is 0.629. The Labute approximate surface area is 77.1 Å². The van der Waals surface area contributed by atoms with Gasteiger partial charge in [-0.25, -0.2) is 8.78 Å². The van der Waals surface area contributed by atoms with Crippen LogP contribution in [0, 0.1) is 0 Å². The van der Waals surface area contributed by atoms with Crippen LogP contribution in [-0.2, 0) is 4.74 Å². The maximum absolute atomic E-state index is 11.5. The summed E-state index contributed by atoms with van der Waals surface area (Å²) in [6.45, 7) is 2.70. The van der Waals surface area contributed by atoms with Gasteiger partial charge in [0.15, 0.2) is 0 Å². The van der Waals surface area contributed by atoms with Gasteiger partial charge >= 0.3 is 0 Å². The van der Waals surface area contributed by atoms with Crippen LogP contribution in [0.25, 0.3) is 0 Å². The van der Waals surface area contributed by atoms with E-state index in [1.165, 1.54) is 0 Å². The first kappa shape index (κ1) is 12.7. The van der Waals surface area contributed by atoms with Crippen molar-refractivity contribution in [2.75, 3.05) is 26.3 Å². The number of hydrogen-bond acceptors (Lipinski definition) is 3. The fourth-order valence-corrected chi connectivity index (χ4v) is 0.753. The highest BCUT2D eigenvalue weighted by Gasteiger charge is 2.00. The zero-order chi connectivity index (χ0) is 10.1. The average Bonchev–Trinajstić information content (AvgIpc) is 2.01. The summed E-state index contributed by atoms with van der Waals surface area (Å²) in [7, 11) is 0. The van der Waals surface area contributed by atoms with Gasteiger partial charge in [0.05, 0.1) is 12.7 Å². The lowest BCUT2D eigenvalue weighted by Crippen LogP contribution is -2.24. The Bertz CT molecular complexity index is 100. The molecule has 0 rings (SSSR count). The SMILES string of the molecule is CC(O)CCNCCOCC(F)F. The van der Waals surface area contributed by atoms with Crippen molar-refractivity contribution in [3.63, 3.8) is 0 Å². The van der Waals surface area contributed by atoms with Crippen molar-refractivity contribution in [3.05, 3.63) is 0 Å². The van der Waals surface area contributed by atoms with Gasteiger partial charge < -0.3 is 15.2 Å². The van der Waals surface area contributed by atoms with Crippen LogP contribution in [0.5, 0.6) is 0 Å². The van der Waals surface area contributed by atoms with Crippen LogP contribution >= 0.6 is 0 Å². The zero-order valence-corrected chi connectivity index (χ0v) is 7.80. The summed E-state index contributed by atoms with van der Waals surface area (Å²) in [5.74, 6) is 0. The first-order chi connectivity index (χ1) is 6.13. The van der Waals surface area contributed by atoms with Crippen LogP contribution in [0.15, 0.2) is 0 Å². The van der Waals surface area contributed by atoms with Gasteiger partial charge in [-0.1, -0.05) is 0 Å². The molecule has 0 spiro atoms. The maximum atomic E-state index is 11.5.